The van der Waals surface area contributed by atoms with Gasteiger partial charge in [0.15, 0.2) is 0 Å². The number of aromatic amines is 1. The van der Waals surface area contributed by atoms with E-state index in [2.05, 4.69) is 35.3 Å². The highest BCUT2D eigenvalue weighted by molar-refractivity contribution is 5.85. The van der Waals surface area contributed by atoms with Gasteiger partial charge in [0.1, 0.15) is 29.7 Å². The van der Waals surface area contributed by atoms with Crippen LogP contribution in [0.4, 0.5) is 9.59 Å². The highest BCUT2D eigenvalue weighted by atomic mass is 16.6. The molecule has 2 bridgehead atoms. The van der Waals surface area contributed by atoms with Gasteiger partial charge in [-0.25, -0.2) is 19.4 Å². The minimum Gasteiger partial charge on any atom is -0.460 e. The summed E-state index contributed by atoms with van der Waals surface area (Å²) in [5.41, 5.74) is 7.21. The molecule has 0 spiro atoms. The van der Waals surface area contributed by atoms with E-state index in [1.807, 2.05) is 53.8 Å². The zero-order chi connectivity index (χ0) is 35.4. The maximum absolute atomic E-state index is 13.3. The van der Waals surface area contributed by atoms with Crippen LogP contribution in [0.1, 0.15) is 109 Å². The second-order valence-corrected chi connectivity index (χ2v) is 16.4. The summed E-state index contributed by atoms with van der Waals surface area (Å²) >= 11 is 0. The van der Waals surface area contributed by atoms with Gasteiger partial charge in [-0.3, -0.25) is 9.80 Å². The van der Waals surface area contributed by atoms with Crippen molar-refractivity contribution in [3.8, 4) is 11.3 Å². The fourth-order valence-corrected chi connectivity index (χ4v) is 8.30. The average Bonchev–Trinajstić information content (AvgIpc) is 3.87. The SMILES string of the molecule is CC(C)(C)OC(=O)N1CCCC1c1ncc(-c2ccc3c(c2)CCC2=C3C=CC(=CCOC(=O)C3C4CCC(C4)N3C(=O)OC(C)(C)C)C2)[nH]1. The smallest absolute Gasteiger partial charge is 0.411 e. The van der Waals surface area contributed by atoms with Crippen LogP contribution < -0.4 is 0 Å². The number of aromatic nitrogens is 2. The van der Waals surface area contributed by atoms with E-state index in [1.165, 1.54) is 22.3 Å². The lowest BCUT2D eigenvalue weighted by Gasteiger charge is -2.35. The molecule has 4 atom stereocenters. The molecule has 5 aliphatic rings. The number of hydrogen-bond acceptors (Lipinski definition) is 7. The van der Waals surface area contributed by atoms with Crippen molar-refractivity contribution in [1.29, 1.82) is 0 Å². The van der Waals surface area contributed by atoms with E-state index < -0.39 is 23.3 Å². The van der Waals surface area contributed by atoms with Crippen LogP contribution >= 0.6 is 0 Å². The molecule has 266 valence electrons. The molecule has 3 fully saturated rings. The standard InChI is InChI=1S/C40H50N4O6/c1-39(2,3)49-37(46)43-18-7-8-33(43)35-41-23-32(42-35)27-13-16-31-26(21-27)11-10-25-20-24(9-15-30(25)31)17-19-48-36(45)34-28-12-14-29(22-28)44(34)38(47)50-40(4,5)6/h9,13,15-17,21,23,28-29,33-34H,7-8,10-12,14,18-20,22H2,1-6H3,(H,41,42). The van der Waals surface area contributed by atoms with Crippen LogP contribution in [0.15, 0.2) is 53.8 Å². The molecule has 1 aromatic heterocycles. The first kappa shape index (κ1) is 34.1. The molecular formula is C40H50N4O6. The van der Waals surface area contributed by atoms with E-state index in [0.29, 0.717) is 6.54 Å². The maximum atomic E-state index is 13.3. The lowest BCUT2D eigenvalue weighted by molar-refractivity contribution is -0.150. The highest BCUT2D eigenvalue weighted by Crippen LogP contribution is 2.44. The van der Waals surface area contributed by atoms with E-state index in [4.69, 9.17) is 19.2 Å². The molecule has 7 rings (SSSR count). The normalized spacial score (nSPS) is 25.2. The first-order valence-corrected chi connectivity index (χ1v) is 18.2. The second kappa shape index (κ2) is 13.1. The Labute approximate surface area is 294 Å². The number of imidazole rings is 1. The molecule has 2 amide bonds. The van der Waals surface area contributed by atoms with E-state index in [9.17, 15) is 14.4 Å². The minimum atomic E-state index is -0.617. The van der Waals surface area contributed by atoms with Crippen molar-refractivity contribution in [3.05, 3.63) is 70.7 Å². The van der Waals surface area contributed by atoms with E-state index in [-0.39, 0.29) is 36.7 Å². The Bertz CT molecular complexity index is 1770. The Morgan fingerprint density at radius 1 is 0.980 bits per heavy atom. The number of ether oxygens (including phenoxy) is 3. The van der Waals surface area contributed by atoms with Crippen LogP contribution in [-0.2, 0) is 25.4 Å². The molecule has 3 aliphatic carbocycles. The van der Waals surface area contributed by atoms with Gasteiger partial charge in [0.05, 0.1) is 17.9 Å². The fraction of sp³-hybridized carbons (Fsp3) is 0.550. The molecule has 1 saturated carbocycles. The van der Waals surface area contributed by atoms with Crippen LogP contribution in [0, 0.1) is 5.92 Å². The number of nitrogens with one attached hydrogen (secondary N) is 1. The summed E-state index contributed by atoms with van der Waals surface area (Å²) < 4.78 is 17.0. The zero-order valence-corrected chi connectivity index (χ0v) is 30.2. The lowest BCUT2D eigenvalue weighted by atomic mass is 9.79. The predicted octanol–water partition coefficient (Wildman–Crippen LogP) is 8.07. The number of carbonyl (C=O) groups excluding carboxylic acids is 3. The first-order valence-electron chi connectivity index (χ1n) is 18.2. The minimum absolute atomic E-state index is 0.0494. The molecule has 2 aromatic rings. The average molecular weight is 683 g/mol. The van der Waals surface area contributed by atoms with Crippen molar-refractivity contribution in [2.45, 2.75) is 122 Å². The van der Waals surface area contributed by atoms with Crippen molar-refractivity contribution in [3.63, 3.8) is 0 Å². The maximum Gasteiger partial charge on any atom is 0.411 e. The van der Waals surface area contributed by atoms with Gasteiger partial charge < -0.3 is 19.2 Å². The lowest BCUT2D eigenvalue weighted by Crippen LogP contribution is -2.51. The number of allylic oxidation sites excluding steroid dienone is 5. The molecule has 10 heteroatoms. The molecule has 0 radical (unpaired) electrons. The molecule has 1 N–H and O–H groups in total. The summed E-state index contributed by atoms with van der Waals surface area (Å²) in [4.78, 5) is 50.7. The largest absolute Gasteiger partial charge is 0.460 e. The number of likely N-dealkylation sites (tertiary alicyclic amines) is 2. The van der Waals surface area contributed by atoms with Gasteiger partial charge in [-0.2, -0.15) is 0 Å². The summed E-state index contributed by atoms with van der Waals surface area (Å²) in [6, 6.07) is 5.96. The number of H-pyrrole nitrogens is 1. The number of aryl methyl sites for hydroxylation is 1. The van der Waals surface area contributed by atoms with Crippen LogP contribution in [-0.4, -0.2) is 74.4 Å². The molecule has 2 aliphatic heterocycles. The summed E-state index contributed by atoms with van der Waals surface area (Å²) in [6.45, 7) is 12.0. The number of fused-ring (bicyclic) bond motifs is 4. The van der Waals surface area contributed by atoms with Gasteiger partial charge in [-0.1, -0.05) is 29.9 Å². The summed E-state index contributed by atoms with van der Waals surface area (Å²) in [5, 5.41) is 0. The Hall–Kier alpha value is -4.34. The number of benzene rings is 1. The Kier molecular flexibility index (Phi) is 8.93. The number of piperidine rings is 1. The van der Waals surface area contributed by atoms with Crippen molar-refractivity contribution < 1.29 is 28.6 Å². The Morgan fingerprint density at radius 2 is 1.76 bits per heavy atom. The number of rotatable bonds is 5. The third kappa shape index (κ3) is 6.98. The number of carbonyl (C=O) groups is 3. The topological polar surface area (TPSA) is 114 Å². The highest BCUT2D eigenvalue weighted by Gasteiger charge is 2.53. The van der Waals surface area contributed by atoms with Crippen molar-refractivity contribution in [2.24, 2.45) is 5.92 Å². The zero-order valence-electron chi connectivity index (χ0n) is 30.2. The Morgan fingerprint density at radius 3 is 2.54 bits per heavy atom. The van der Waals surface area contributed by atoms with Gasteiger partial charge in [-0.15, -0.1) is 0 Å². The van der Waals surface area contributed by atoms with Gasteiger partial charge in [0.25, 0.3) is 0 Å². The molecule has 2 saturated heterocycles. The summed E-state index contributed by atoms with van der Waals surface area (Å²) in [7, 11) is 0. The summed E-state index contributed by atoms with van der Waals surface area (Å²) in [5.74, 6) is 0.590. The fourth-order valence-electron chi connectivity index (χ4n) is 8.30. The number of esters is 1. The van der Waals surface area contributed by atoms with Gasteiger partial charge in [0.2, 0.25) is 0 Å². The quantitative estimate of drug-likeness (QED) is 0.251. The molecule has 10 nitrogen and oxygen atoms in total. The molecular weight excluding hydrogens is 632 g/mol. The summed E-state index contributed by atoms with van der Waals surface area (Å²) in [6.07, 6.45) is 14.6. The van der Waals surface area contributed by atoms with E-state index >= 15 is 0 Å². The second-order valence-electron chi connectivity index (χ2n) is 16.4. The molecule has 3 heterocycles. The Balaban J connectivity index is 0.979. The van der Waals surface area contributed by atoms with Crippen LogP contribution in [0.2, 0.25) is 0 Å². The third-order valence-corrected chi connectivity index (χ3v) is 10.5. The van der Waals surface area contributed by atoms with Crippen LogP contribution in [0.5, 0.6) is 0 Å². The third-order valence-electron chi connectivity index (χ3n) is 10.5. The number of hydrogen-bond donors (Lipinski definition) is 1. The van der Waals surface area contributed by atoms with E-state index in [1.54, 1.807) is 9.80 Å². The van der Waals surface area contributed by atoms with Gasteiger partial charge in [0, 0.05) is 12.6 Å². The molecule has 50 heavy (non-hydrogen) atoms. The monoisotopic (exact) mass is 682 g/mol. The van der Waals surface area contributed by atoms with Gasteiger partial charge >= 0.3 is 18.2 Å². The van der Waals surface area contributed by atoms with Gasteiger partial charge in [-0.05, 0) is 139 Å². The van der Waals surface area contributed by atoms with E-state index in [0.717, 1.165) is 74.0 Å². The van der Waals surface area contributed by atoms with Crippen molar-refractivity contribution in [2.75, 3.05) is 13.2 Å². The predicted molar refractivity (Wildman–Crippen MR) is 190 cm³/mol. The molecule has 1 aromatic carbocycles. The number of nitrogens with zero attached hydrogens (tertiary/aromatic N) is 3. The first-order chi connectivity index (χ1) is 23.7. The van der Waals surface area contributed by atoms with Crippen LogP contribution in [0.25, 0.3) is 16.8 Å². The molecule has 4 unspecified atom stereocenters. The number of amides is 2. The van der Waals surface area contributed by atoms with Crippen molar-refractivity contribution >= 4 is 23.7 Å². The van der Waals surface area contributed by atoms with Crippen molar-refractivity contribution in [1.82, 2.24) is 19.8 Å². The van der Waals surface area contributed by atoms with Crippen LogP contribution in [0.3, 0.4) is 0 Å².